The maximum Gasteiger partial charge on any atom is 0.272 e. The molecule has 1 heterocycles. The van der Waals surface area contributed by atoms with Gasteiger partial charge in [0.05, 0.1) is 5.52 Å². The number of anilines is 1. The van der Waals surface area contributed by atoms with Crippen LogP contribution in [0.15, 0.2) is 48.5 Å². The van der Waals surface area contributed by atoms with Gasteiger partial charge in [-0.25, -0.2) is 0 Å². The molecule has 0 saturated carbocycles. The Labute approximate surface area is 157 Å². The first-order valence-electron chi connectivity index (χ1n) is 8.92. The smallest absolute Gasteiger partial charge is 0.272 e. The van der Waals surface area contributed by atoms with Crippen LogP contribution in [-0.2, 0) is 4.79 Å². The van der Waals surface area contributed by atoms with Gasteiger partial charge in [0.1, 0.15) is 0 Å². The molecule has 0 unspecified atom stereocenters. The molecular formula is C20H23N5O2. The van der Waals surface area contributed by atoms with Crippen LogP contribution in [0, 0.1) is 6.92 Å². The normalized spacial score (nSPS) is 10.6. The molecule has 0 fully saturated rings. The van der Waals surface area contributed by atoms with E-state index in [9.17, 15) is 9.59 Å². The standard InChI is InChI=1S/C20H23N5O2/c1-14-6-2-4-8-16(14)21-11-10-18(26)22-12-13-23-20(27)19-15-7-3-5-9-17(15)24-25-19/h2-9,21H,10-13H2,1H3,(H,22,26)(H,23,27)(H,24,25). The number of H-pyrrole nitrogens is 1. The number of hydrogen-bond donors (Lipinski definition) is 4. The van der Waals surface area contributed by atoms with Crippen molar-refractivity contribution in [2.24, 2.45) is 0 Å². The molecule has 4 N–H and O–H groups in total. The van der Waals surface area contributed by atoms with E-state index in [-0.39, 0.29) is 11.8 Å². The number of carbonyl (C=O) groups is 2. The SMILES string of the molecule is Cc1ccccc1NCCC(=O)NCCNC(=O)c1n[nH]c2ccccc12. The molecule has 1 aromatic heterocycles. The predicted octanol–water partition coefficient (Wildman–Crippen LogP) is 2.22. The number of benzene rings is 2. The van der Waals surface area contributed by atoms with Crippen molar-refractivity contribution in [2.75, 3.05) is 25.0 Å². The lowest BCUT2D eigenvalue weighted by molar-refractivity contribution is -0.120. The zero-order valence-electron chi connectivity index (χ0n) is 15.2. The number of para-hydroxylation sites is 2. The highest BCUT2D eigenvalue weighted by atomic mass is 16.2. The number of amides is 2. The highest BCUT2D eigenvalue weighted by molar-refractivity contribution is 6.04. The highest BCUT2D eigenvalue weighted by Crippen LogP contribution is 2.14. The molecule has 0 atom stereocenters. The first-order valence-corrected chi connectivity index (χ1v) is 8.92. The van der Waals surface area contributed by atoms with Crippen LogP contribution in [0.2, 0.25) is 0 Å². The Morgan fingerprint density at radius 2 is 1.70 bits per heavy atom. The van der Waals surface area contributed by atoms with Gasteiger partial charge in [-0.15, -0.1) is 0 Å². The number of aromatic nitrogens is 2. The average Bonchev–Trinajstić information content (AvgIpc) is 3.11. The summed E-state index contributed by atoms with van der Waals surface area (Å²) in [6.45, 7) is 3.30. The van der Waals surface area contributed by atoms with Gasteiger partial charge in [-0.1, -0.05) is 36.4 Å². The minimum Gasteiger partial charge on any atom is -0.384 e. The van der Waals surface area contributed by atoms with Gasteiger partial charge in [-0.2, -0.15) is 5.10 Å². The van der Waals surface area contributed by atoms with Crippen molar-refractivity contribution in [3.8, 4) is 0 Å². The monoisotopic (exact) mass is 365 g/mol. The molecule has 0 aliphatic carbocycles. The second kappa shape index (κ2) is 8.84. The molecule has 3 rings (SSSR count). The van der Waals surface area contributed by atoms with Crippen LogP contribution in [0.4, 0.5) is 5.69 Å². The Kier molecular flexibility index (Phi) is 6.04. The zero-order chi connectivity index (χ0) is 19.1. The Morgan fingerprint density at radius 3 is 2.56 bits per heavy atom. The zero-order valence-corrected chi connectivity index (χ0v) is 15.2. The van der Waals surface area contributed by atoms with E-state index in [0.29, 0.717) is 31.7 Å². The molecule has 0 aliphatic heterocycles. The minimum absolute atomic E-state index is 0.0597. The van der Waals surface area contributed by atoms with Gasteiger partial charge in [0.25, 0.3) is 5.91 Å². The number of fused-ring (bicyclic) bond motifs is 1. The summed E-state index contributed by atoms with van der Waals surface area (Å²) in [6, 6.07) is 15.4. The first-order chi connectivity index (χ1) is 13.1. The molecule has 0 aliphatic rings. The quantitative estimate of drug-likeness (QED) is 0.460. The highest BCUT2D eigenvalue weighted by Gasteiger charge is 2.13. The van der Waals surface area contributed by atoms with E-state index in [1.165, 1.54) is 0 Å². The second-order valence-corrected chi connectivity index (χ2v) is 6.22. The van der Waals surface area contributed by atoms with Crippen LogP contribution >= 0.6 is 0 Å². The molecule has 27 heavy (non-hydrogen) atoms. The Hall–Kier alpha value is -3.35. The fraction of sp³-hybridized carbons (Fsp3) is 0.250. The minimum atomic E-state index is -0.261. The number of nitrogens with zero attached hydrogens (tertiary/aromatic N) is 1. The summed E-state index contributed by atoms with van der Waals surface area (Å²) in [5, 5.41) is 16.5. The summed E-state index contributed by atoms with van der Waals surface area (Å²) >= 11 is 0. The lowest BCUT2D eigenvalue weighted by Gasteiger charge is -2.10. The summed E-state index contributed by atoms with van der Waals surface area (Å²) in [5.41, 5.74) is 3.35. The number of hydrogen-bond acceptors (Lipinski definition) is 4. The molecule has 0 saturated heterocycles. The van der Waals surface area contributed by atoms with Crippen molar-refractivity contribution in [3.05, 3.63) is 59.8 Å². The van der Waals surface area contributed by atoms with Gasteiger partial charge in [0.2, 0.25) is 5.91 Å². The van der Waals surface area contributed by atoms with Gasteiger partial charge in [-0.3, -0.25) is 14.7 Å². The van der Waals surface area contributed by atoms with Crippen molar-refractivity contribution in [1.82, 2.24) is 20.8 Å². The molecule has 0 radical (unpaired) electrons. The molecule has 0 bridgehead atoms. The van der Waals surface area contributed by atoms with Crippen LogP contribution in [0.5, 0.6) is 0 Å². The van der Waals surface area contributed by atoms with E-state index in [4.69, 9.17) is 0 Å². The third-order valence-corrected chi connectivity index (χ3v) is 4.23. The molecule has 2 amide bonds. The summed E-state index contributed by atoms with van der Waals surface area (Å²) < 4.78 is 0. The Balaban J connectivity index is 1.35. The van der Waals surface area contributed by atoms with E-state index in [0.717, 1.165) is 22.2 Å². The predicted molar refractivity (Wildman–Crippen MR) is 106 cm³/mol. The fourth-order valence-corrected chi connectivity index (χ4v) is 2.77. The third kappa shape index (κ3) is 4.84. The second-order valence-electron chi connectivity index (χ2n) is 6.22. The first kappa shape index (κ1) is 18.4. The largest absolute Gasteiger partial charge is 0.384 e. The van der Waals surface area contributed by atoms with E-state index < -0.39 is 0 Å². The van der Waals surface area contributed by atoms with Crippen molar-refractivity contribution in [1.29, 1.82) is 0 Å². The number of aromatic amines is 1. The van der Waals surface area contributed by atoms with E-state index >= 15 is 0 Å². The molecule has 0 spiro atoms. The fourth-order valence-electron chi connectivity index (χ4n) is 2.77. The van der Waals surface area contributed by atoms with Crippen LogP contribution in [0.3, 0.4) is 0 Å². The maximum atomic E-state index is 12.2. The Morgan fingerprint density at radius 1 is 0.963 bits per heavy atom. The van der Waals surface area contributed by atoms with Crippen molar-refractivity contribution < 1.29 is 9.59 Å². The maximum absolute atomic E-state index is 12.2. The van der Waals surface area contributed by atoms with Gasteiger partial charge in [0, 0.05) is 37.1 Å². The van der Waals surface area contributed by atoms with Crippen molar-refractivity contribution in [2.45, 2.75) is 13.3 Å². The van der Waals surface area contributed by atoms with Crippen molar-refractivity contribution in [3.63, 3.8) is 0 Å². The van der Waals surface area contributed by atoms with Crippen molar-refractivity contribution >= 4 is 28.4 Å². The van der Waals surface area contributed by atoms with E-state index in [1.54, 1.807) is 0 Å². The van der Waals surface area contributed by atoms with E-state index in [1.807, 2.05) is 55.5 Å². The lowest BCUT2D eigenvalue weighted by atomic mass is 10.2. The van der Waals surface area contributed by atoms with Crippen LogP contribution in [-0.4, -0.2) is 41.6 Å². The Bertz CT molecular complexity index is 935. The summed E-state index contributed by atoms with van der Waals surface area (Å²) in [6.07, 6.45) is 0.367. The summed E-state index contributed by atoms with van der Waals surface area (Å²) in [5.74, 6) is -0.321. The number of nitrogens with one attached hydrogen (secondary N) is 4. The van der Waals surface area contributed by atoms with Crippen LogP contribution in [0.25, 0.3) is 10.9 Å². The van der Waals surface area contributed by atoms with Crippen LogP contribution in [0.1, 0.15) is 22.5 Å². The average molecular weight is 365 g/mol. The lowest BCUT2D eigenvalue weighted by Crippen LogP contribution is -2.35. The number of carbonyl (C=O) groups excluding carboxylic acids is 2. The molecule has 2 aromatic carbocycles. The summed E-state index contributed by atoms with van der Waals surface area (Å²) in [7, 11) is 0. The third-order valence-electron chi connectivity index (χ3n) is 4.23. The number of aryl methyl sites for hydroxylation is 1. The molecular weight excluding hydrogens is 342 g/mol. The van der Waals surface area contributed by atoms with Crippen LogP contribution < -0.4 is 16.0 Å². The summed E-state index contributed by atoms with van der Waals surface area (Å²) in [4.78, 5) is 24.1. The topological polar surface area (TPSA) is 98.9 Å². The van der Waals surface area contributed by atoms with Gasteiger partial charge < -0.3 is 16.0 Å². The molecule has 3 aromatic rings. The van der Waals surface area contributed by atoms with Gasteiger partial charge in [-0.05, 0) is 24.6 Å². The van der Waals surface area contributed by atoms with Gasteiger partial charge >= 0.3 is 0 Å². The molecule has 140 valence electrons. The number of rotatable bonds is 8. The van der Waals surface area contributed by atoms with E-state index in [2.05, 4.69) is 26.1 Å². The molecule has 7 nitrogen and oxygen atoms in total. The van der Waals surface area contributed by atoms with Gasteiger partial charge in [0.15, 0.2) is 5.69 Å². The molecule has 7 heteroatoms.